The van der Waals surface area contributed by atoms with E-state index in [9.17, 15) is 4.39 Å². The van der Waals surface area contributed by atoms with Crippen molar-refractivity contribution in [2.24, 2.45) is 5.73 Å². The number of rotatable bonds is 3. The molecule has 0 heterocycles. The van der Waals surface area contributed by atoms with Crippen LogP contribution >= 0.6 is 22.6 Å². The Bertz CT molecular complexity index is 242. The number of hydrogen-bond acceptors (Lipinski definition) is 1. The van der Waals surface area contributed by atoms with Gasteiger partial charge in [-0.25, -0.2) is 4.39 Å². The Morgan fingerprint density at radius 3 is 2.92 bits per heavy atom. The summed E-state index contributed by atoms with van der Waals surface area (Å²) in [5.41, 5.74) is 6.08. The maximum atomic E-state index is 13.1. The molecule has 0 fully saturated rings. The van der Waals surface area contributed by atoms with Crippen molar-refractivity contribution in [3.05, 3.63) is 33.1 Å². The zero-order valence-electron chi connectivity index (χ0n) is 6.61. The Morgan fingerprint density at radius 2 is 2.33 bits per heavy atom. The molecule has 0 bridgehead atoms. The molecule has 0 amide bonds. The van der Waals surface area contributed by atoms with E-state index in [2.05, 4.69) is 28.7 Å². The second-order valence-electron chi connectivity index (χ2n) is 2.51. The Labute approximate surface area is 85.3 Å². The van der Waals surface area contributed by atoms with Gasteiger partial charge in [0.15, 0.2) is 0 Å². The van der Waals surface area contributed by atoms with E-state index in [0.717, 1.165) is 15.6 Å². The van der Waals surface area contributed by atoms with Gasteiger partial charge in [-0.2, -0.15) is 0 Å². The maximum Gasteiger partial charge on any atom is 0.127 e. The molecular weight excluding hydrogens is 268 g/mol. The van der Waals surface area contributed by atoms with Crippen molar-refractivity contribution < 1.29 is 4.39 Å². The molecule has 1 aromatic rings. The summed E-state index contributed by atoms with van der Waals surface area (Å²) in [5, 5.41) is 0. The van der Waals surface area contributed by atoms with Crippen molar-refractivity contribution in [3.8, 4) is 0 Å². The summed E-state index contributed by atoms with van der Waals surface area (Å²) in [4.78, 5) is 0. The van der Waals surface area contributed by atoms with E-state index in [1.165, 1.54) is 6.07 Å². The van der Waals surface area contributed by atoms with Crippen LogP contribution in [-0.2, 0) is 6.42 Å². The van der Waals surface area contributed by atoms with E-state index in [0.29, 0.717) is 13.0 Å². The SMILES string of the molecule is NCCCc1c(I)[c]ccc1F. The first-order valence-corrected chi connectivity index (χ1v) is 4.88. The Kier molecular flexibility index (Phi) is 3.94. The van der Waals surface area contributed by atoms with Crippen LogP contribution < -0.4 is 5.73 Å². The van der Waals surface area contributed by atoms with Gasteiger partial charge < -0.3 is 5.73 Å². The van der Waals surface area contributed by atoms with Crippen LogP contribution in [-0.4, -0.2) is 6.54 Å². The maximum absolute atomic E-state index is 13.1. The van der Waals surface area contributed by atoms with Gasteiger partial charge in [-0.05, 0) is 54.1 Å². The molecule has 3 heteroatoms. The van der Waals surface area contributed by atoms with Crippen LogP contribution in [0.1, 0.15) is 12.0 Å². The lowest BCUT2D eigenvalue weighted by molar-refractivity contribution is 0.603. The van der Waals surface area contributed by atoms with Gasteiger partial charge >= 0.3 is 0 Å². The van der Waals surface area contributed by atoms with E-state index in [-0.39, 0.29) is 5.82 Å². The van der Waals surface area contributed by atoms with Crippen LogP contribution in [0.2, 0.25) is 0 Å². The minimum absolute atomic E-state index is 0.147. The highest BCUT2D eigenvalue weighted by molar-refractivity contribution is 14.1. The molecule has 0 aliphatic rings. The molecule has 0 aliphatic heterocycles. The normalized spacial score (nSPS) is 10.2. The third-order valence-electron chi connectivity index (χ3n) is 1.62. The average Bonchev–Trinajstić information content (AvgIpc) is 2.04. The molecule has 1 rings (SSSR count). The highest BCUT2D eigenvalue weighted by atomic mass is 127. The molecular formula is C9H10FIN. The van der Waals surface area contributed by atoms with Gasteiger partial charge in [0.1, 0.15) is 5.82 Å². The van der Waals surface area contributed by atoms with E-state index in [1.54, 1.807) is 6.07 Å². The van der Waals surface area contributed by atoms with Crippen LogP contribution in [0.5, 0.6) is 0 Å². The number of nitrogens with two attached hydrogens (primary N) is 1. The van der Waals surface area contributed by atoms with E-state index in [4.69, 9.17) is 5.73 Å². The largest absolute Gasteiger partial charge is 0.330 e. The van der Waals surface area contributed by atoms with E-state index < -0.39 is 0 Å². The van der Waals surface area contributed by atoms with Crippen LogP contribution in [0.25, 0.3) is 0 Å². The number of benzene rings is 1. The molecule has 0 aromatic heterocycles. The molecule has 0 spiro atoms. The topological polar surface area (TPSA) is 26.0 Å². The highest BCUT2D eigenvalue weighted by Gasteiger charge is 2.04. The highest BCUT2D eigenvalue weighted by Crippen LogP contribution is 2.16. The third kappa shape index (κ3) is 2.42. The predicted molar refractivity (Wildman–Crippen MR) is 55.3 cm³/mol. The minimum atomic E-state index is -0.147. The second-order valence-corrected chi connectivity index (χ2v) is 3.59. The van der Waals surface area contributed by atoms with Crippen molar-refractivity contribution in [1.82, 2.24) is 0 Å². The summed E-state index contributed by atoms with van der Waals surface area (Å²) < 4.78 is 14.0. The number of halogens is 2. The second kappa shape index (κ2) is 4.77. The molecule has 2 N–H and O–H groups in total. The standard InChI is InChI=1S/C9H10FIN/c10-8-4-1-5-9(11)7(8)3-2-6-12/h1,4H,2-3,6,12H2. The lowest BCUT2D eigenvalue weighted by atomic mass is 10.1. The fraction of sp³-hybridized carbons (Fsp3) is 0.333. The van der Waals surface area contributed by atoms with Gasteiger partial charge in [0.25, 0.3) is 0 Å². The summed E-state index contributed by atoms with van der Waals surface area (Å²) in [7, 11) is 0. The Balaban J connectivity index is 2.81. The Hall–Kier alpha value is -0.160. The fourth-order valence-electron chi connectivity index (χ4n) is 0.989. The molecule has 0 unspecified atom stereocenters. The average molecular weight is 278 g/mol. The molecule has 0 atom stereocenters. The predicted octanol–water partition coefficient (Wildman–Crippen LogP) is 2.12. The van der Waals surface area contributed by atoms with Crippen molar-refractivity contribution in [2.45, 2.75) is 12.8 Å². The van der Waals surface area contributed by atoms with Gasteiger partial charge in [0, 0.05) is 9.13 Å². The summed E-state index contributed by atoms with van der Waals surface area (Å²) >= 11 is 2.09. The van der Waals surface area contributed by atoms with E-state index >= 15 is 0 Å². The molecule has 0 saturated heterocycles. The van der Waals surface area contributed by atoms with Crippen LogP contribution in [0.15, 0.2) is 12.1 Å². The Morgan fingerprint density at radius 1 is 1.58 bits per heavy atom. The van der Waals surface area contributed by atoms with Gasteiger partial charge in [0.2, 0.25) is 0 Å². The molecule has 1 radical (unpaired) electrons. The molecule has 1 aromatic carbocycles. The van der Waals surface area contributed by atoms with Crippen LogP contribution in [0.4, 0.5) is 4.39 Å². The zero-order chi connectivity index (χ0) is 8.97. The van der Waals surface area contributed by atoms with Gasteiger partial charge in [-0.1, -0.05) is 6.07 Å². The molecule has 0 aliphatic carbocycles. The first-order valence-electron chi connectivity index (χ1n) is 3.80. The fourth-order valence-corrected chi connectivity index (χ4v) is 1.70. The quantitative estimate of drug-likeness (QED) is 0.842. The van der Waals surface area contributed by atoms with E-state index in [1.807, 2.05) is 0 Å². The lowest BCUT2D eigenvalue weighted by Gasteiger charge is -2.03. The summed E-state index contributed by atoms with van der Waals surface area (Å²) in [6.07, 6.45) is 1.53. The minimum Gasteiger partial charge on any atom is -0.330 e. The van der Waals surface area contributed by atoms with Crippen LogP contribution in [0, 0.1) is 15.5 Å². The zero-order valence-corrected chi connectivity index (χ0v) is 8.77. The van der Waals surface area contributed by atoms with Crippen molar-refractivity contribution in [1.29, 1.82) is 0 Å². The van der Waals surface area contributed by atoms with Crippen molar-refractivity contribution >= 4 is 22.6 Å². The lowest BCUT2D eigenvalue weighted by Crippen LogP contribution is -2.03. The van der Waals surface area contributed by atoms with Crippen LogP contribution in [0.3, 0.4) is 0 Å². The van der Waals surface area contributed by atoms with Crippen molar-refractivity contribution in [2.75, 3.05) is 6.54 Å². The molecule has 0 saturated carbocycles. The molecule has 65 valence electrons. The summed E-state index contributed by atoms with van der Waals surface area (Å²) in [6, 6.07) is 5.99. The van der Waals surface area contributed by atoms with Gasteiger partial charge in [0.05, 0.1) is 0 Å². The summed E-state index contributed by atoms with van der Waals surface area (Å²) in [5.74, 6) is -0.147. The van der Waals surface area contributed by atoms with Crippen molar-refractivity contribution in [3.63, 3.8) is 0 Å². The first kappa shape index (κ1) is 9.92. The smallest absolute Gasteiger partial charge is 0.127 e. The molecule has 12 heavy (non-hydrogen) atoms. The van der Waals surface area contributed by atoms with Gasteiger partial charge in [-0.3, -0.25) is 0 Å². The number of hydrogen-bond donors (Lipinski definition) is 1. The first-order chi connectivity index (χ1) is 5.75. The van der Waals surface area contributed by atoms with Gasteiger partial charge in [-0.15, -0.1) is 0 Å². The summed E-state index contributed by atoms with van der Waals surface area (Å²) in [6.45, 7) is 0.602. The monoisotopic (exact) mass is 278 g/mol. The molecule has 1 nitrogen and oxygen atoms in total. The third-order valence-corrected chi connectivity index (χ3v) is 2.59.